The second-order valence-corrected chi connectivity index (χ2v) is 7.49. The molecular weight excluding hydrogens is 354 g/mol. The van der Waals surface area contributed by atoms with E-state index in [0.29, 0.717) is 17.0 Å². The number of hydrogen-bond donors (Lipinski definition) is 1. The maximum Gasteiger partial charge on any atom is 0.277 e. The van der Waals surface area contributed by atoms with Crippen LogP contribution in [0.5, 0.6) is 0 Å². The highest BCUT2D eigenvalue weighted by Crippen LogP contribution is 2.26. The highest BCUT2D eigenvalue weighted by Gasteiger charge is 2.12. The summed E-state index contributed by atoms with van der Waals surface area (Å²) in [5.41, 5.74) is 2.07. The number of aromatic nitrogens is 2. The van der Waals surface area contributed by atoms with E-state index >= 15 is 0 Å². The Morgan fingerprint density at radius 2 is 2.08 bits per heavy atom. The number of carbonyl (C=O) groups excluding carboxylic acids is 1. The molecule has 0 aliphatic rings. The molecule has 25 heavy (non-hydrogen) atoms. The molecule has 7 heteroatoms. The summed E-state index contributed by atoms with van der Waals surface area (Å²) in [6.45, 7) is 4.36. The van der Waals surface area contributed by atoms with Gasteiger partial charge in [0.2, 0.25) is 5.91 Å². The van der Waals surface area contributed by atoms with E-state index in [9.17, 15) is 4.79 Å². The van der Waals surface area contributed by atoms with Crippen LogP contribution in [0.3, 0.4) is 0 Å². The van der Waals surface area contributed by atoms with Crippen LogP contribution >= 0.6 is 23.1 Å². The lowest BCUT2D eigenvalue weighted by Crippen LogP contribution is -2.14. The number of benzene rings is 1. The molecule has 0 aliphatic heterocycles. The summed E-state index contributed by atoms with van der Waals surface area (Å²) >= 11 is 2.77. The Bertz CT molecular complexity index is 813. The van der Waals surface area contributed by atoms with E-state index in [0.717, 1.165) is 17.0 Å². The Labute approximate surface area is 154 Å². The first-order valence-corrected chi connectivity index (χ1v) is 9.92. The van der Waals surface area contributed by atoms with Gasteiger partial charge in [-0.05, 0) is 41.5 Å². The van der Waals surface area contributed by atoms with E-state index in [4.69, 9.17) is 4.42 Å². The van der Waals surface area contributed by atoms with E-state index in [1.54, 1.807) is 0 Å². The second-order valence-electron chi connectivity index (χ2n) is 5.62. The maximum absolute atomic E-state index is 12.1. The average molecular weight is 374 g/mol. The van der Waals surface area contributed by atoms with Gasteiger partial charge in [-0.15, -0.1) is 21.5 Å². The molecule has 1 amide bonds. The van der Waals surface area contributed by atoms with Crippen LogP contribution in [0.15, 0.2) is 51.4 Å². The fourth-order valence-electron chi connectivity index (χ4n) is 2.22. The third-order valence-electron chi connectivity index (χ3n) is 3.84. The van der Waals surface area contributed by atoms with Crippen LogP contribution in [-0.4, -0.2) is 21.9 Å². The van der Waals surface area contributed by atoms with Crippen LogP contribution in [0.1, 0.15) is 31.7 Å². The van der Waals surface area contributed by atoms with E-state index in [1.165, 1.54) is 28.7 Å². The molecule has 0 unspecified atom stereocenters. The first-order chi connectivity index (χ1) is 12.2. The maximum atomic E-state index is 12.1. The number of anilines is 1. The van der Waals surface area contributed by atoms with E-state index in [2.05, 4.69) is 41.5 Å². The van der Waals surface area contributed by atoms with E-state index in [1.807, 2.05) is 29.6 Å². The zero-order chi connectivity index (χ0) is 17.6. The number of thiophene rings is 1. The van der Waals surface area contributed by atoms with Crippen LogP contribution in [0.25, 0.3) is 10.8 Å². The molecule has 2 heterocycles. The van der Waals surface area contributed by atoms with Crippen molar-refractivity contribution in [3.05, 3.63) is 47.3 Å². The number of rotatable bonds is 7. The van der Waals surface area contributed by atoms with Gasteiger partial charge >= 0.3 is 0 Å². The van der Waals surface area contributed by atoms with Gasteiger partial charge in [-0.2, -0.15) is 0 Å². The summed E-state index contributed by atoms with van der Waals surface area (Å²) in [7, 11) is 0. The third-order valence-corrected chi connectivity index (χ3v) is 5.52. The summed E-state index contributed by atoms with van der Waals surface area (Å²) in [6, 6.07) is 11.8. The molecule has 0 saturated heterocycles. The number of carbonyl (C=O) groups is 1. The standard InChI is InChI=1S/C18H19N3O2S2/c1-3-12(2)13-6-8-14(9-7-13)19-16(22)11-25-18-21-20-17(23-18)15-5-4-10-24-15/h4-10,12H,3,11H2,1-2H3,(H,19,22)/t12-/m0/s1. The lowest BCUT2D eigenvalue weighted by molar-refractivity contribution is -0.113. The fourth-order valence-corrected chi connectivity index (χ4v) is 3.43. The van der Waals surface area contributed by atoms with E-state index < -0.39 is 0 Å². The monoisotopic (exact) mass is 373 g/mol. The first-order valence-electron chi connectivity index (χ1n) is 8.05. The van der Waals surface area contributed by atoms with Crippen molar-refractivity contribution in [3.63, 3.8) is 0 Å². The van der Waals surface area contributed by atoms with Crippen LogP contribution in [0, 0.1) is 0 Å². The Morgan fingerprint density at radius 1 is 1.28 bits per heavy atom. The lowest BCUT2D eigenvalue weighted by Gasteiger charge is -2.10. The van der Waals surface area contributed by atoms with Crippen molar-refractivity contribution >= 4 is 34.7 Å². The van der Waals surface area contributed by atoms with Crippen molar-refractivity contribution in [1.29, 1.82) is 0 Å². The predicted octanol–water partition coefficient (Wildman–Crippen LogP) is 5.04. The van der Waals surface area contributed by atoms with Gasteiger partial charge in [-0.3, -0.25) is 4.79 Å². The van der Waals surface area contributed by atoms with Gasteiger partial charge in [0, 0.05) is 5.69 Å². The molecule has 2 aromatic heterocycles. The number of hydrogen-bond acceptors (Lipinski definition) is 6. The number of thioether (sulfide) groups is 1. The number of nitrogens with zero attached hydrogens (tertiary/aromatic N) is 2. The summed E-state index contributed by atoms with van der Waals surface area (Å²) in [6.07, 6.45) is 1.10. The molecular formula is C18H19N3O2S2. The quantitative estimate of drug-likeness (QED) is 0.588. The first kappa shape index (κ1) is 17.7. The Kier molecular flexibility index (Phi) is 5.88. The molecule has 1 atom stereocenters. The summed E-state index contributed by atoms with van der Waals surface area (Å²) in [4.78, 5) is 13.0. The van der Waals surface area contributed by atoms with Crippen molar-refractivity contribution < 1.29 is 9.21 Å². The van der Waals surface area contributed by atoms with Gasteiger partial charge in [0.15, 0.2) is 0 Å². The lowest BCUT2D eigenvalue weighted by atomic mass is 9.99. The van der Waals surface area contributed by atoms with Gasteiger partial charge in [0.05, 0.1) is 10.6 Å². The fraction of sp³-hybridized carbons (Fsp3) is 0.278. The van der Waals surface area contributed by atoms with Crippen LogP contribution in [-0.2, 0) is 4.79 Å². The largest absolute Gasteiger partial charge is 0.410 e. The molecule has 0 bridgehead atoms. The summed E-state index contributed by atoms with van der Waals surface area (Å²) in [5, 5.41) is 13.2. The molecule has 0 spiro atoms. The minimum atomic E-state index is -0.0998. The average Bonchev–Trinajstić information content (AvgIpc) is 3.31. The normalized spacial score (nSPS) is 12.1. The molecule has 130 valence electrons. The molecule has 1 N–H and O–H groups in total. The minimum Gasteiger partial charge on any atom is -0.410 e. The highest BCUT2D eigenvalue weighted by atomic mass is 32.2. The van der Waals surface area contributed by atoms with Crippen molar-refractivity contribution in [3.8, 4) is 10.8 Å². The van der Waals surface area contributed by atoms with Crippen molar-refractivity contribution in [2.24, 2.45) is 0 Å². The molecule has 0 radical (unpaired) electrons. The molecule has 5 nitrogen and oxygen atoms in total. The van der Waals surface area contributed by atoms with Crippen LogP contribution in [0.2, 0.25) is 0 Å². The molecule has 1 aromatic carbocycles. The Morgan fingerprint density at radius 3 is 2.76 bits per heavy atom. The minimum absolute atomic E-state index is 0.0998. The third kappa shape index (κ3) is 4.70. The molecule has 3 aromatic rings. The van der Waals surface area contributed by atoms with Crippen molar-refractivity contribution in [1.82, 2.24) is 10.2 Å². The summed E-state index contributed by atoms with van der Waals surface area (Å²) in [5.74, 6) is 1.13. The molecule has 0 fully saturated rings. The van der Waals surface area contributed by atoms with Gasteiger partial charge in [0.25, 0.3) is 11.1 Å². The Hall–Kier alpha value is -2.12. The van der Waals surface area contributed by atoms with Crippen LogP contribution in [0.4, 0.5) is 5.69 Å². The molecule has 0 saturated carbocycles. The SMILES string of the molecule is CC[C@H](C)c1ccc(NC(=O)CSc2nnc(-c3cccs3)o2)cc1. The van der Waals surface area contributed by atoms with Gasteiger partial charge in [0.1, 0.15) is 0 Å². The van der Waals surface area contributed by atoms with Crippen LogP contribution < -0.4 is 5.32 Å². The smallest absolute Gasteiger partial charge is 0.277 e. The Balaban J connectivity index is 1.51. The highest BCUT2D eigenvalue weighted by molar-refractivity contribution is 7.99. The zero-order valence-corrected chi connectivity index (χ0v) is 15.7. The predicted molar refractivity (Wildman–Crippen MR) is 102 cm³/mol. The molecule has 0 aliphatic carbocycles. The number of nitrogens with one attached hydrogen (secondary N) is 1. The summed E-state index contributed by atoms with van der Waals surface area (Å²) < 4.78 is 5.55. The zero-order valence-electron chi connectivity index (χ0n) is 14.1. The molecule has 3 rings (SSSR count). The van der Waals surface area contributed by atoms with E-state index in [-0.39, 0.29) is 11.7 Å². The topological polar surface area (TPSA) is 68.0 Å². The van der Waals surface area contributed by atoms with Gasteiger partial charge < -0.3 is 9.73 Å². The van der Waals surface area contributed by atoms with Gasteiger partial charge in [-0.1, -0.05) is 43.8 Å². The second kappa shape index (κ2) is 8.31. The van der Waals surface area contributed by atoms with Gasteiger partial charge in [-0.25, -0.2) is 0 Å². The van der Waals surface area contributed by atoms with Crippen molar-refractivity contribution in [2.45, 2.75) is 31.4 Å². The van der Waals surface area contributed by atoms with Crippen molar-refractivity contribution in [2.75, 3.05) is 11.1 Å². The number of amides is 1.